The molecule has 0 bridgehead atoms. The van der Waals surface area contributed by atoms with Crippen LogP contribution in [0.15, 0.2) is 36.4 Å². The second-order valence-electron chi connectivity index (χ2n) is 14.6. The second kappa shape index (κ2) is 19.4. The van der Waals surface area contributed by atoms with Crippen LogP contribution in [0.1, 0.15) is 127 Å². The summed E-state index contributed by atoms with van der Waals surface area (Å²) in [6.07, 6.45) is 14.3. The molecule has 0 saturated heterocycles. The third kappa shape index (κ3) is 11.8. The van der Waals surface area contributed by atoms with E-state index in [1.54, 1.807) is 13.8 Å². The molecule has 2 aliphatic rings. The van der Waals surface area contributed by atoms with E-state index in [1.165, 1.54) is 56.9 Å². The van der Waals surface area contributed by atoms with Gasteiger partial charge in [0.25, 0.3) is 0 Å². The van der Waals surface area contributed by atoms with Crippen LogP contribution in [-0.4, -0.2) is 55.2 Å². The summed E-state index contributed by atoms with van der Waals surface area (Å²) in [5, 5.41) is 20.0. The molecule has 2 saturated carbocycles. The largest absolute Gasteiger partial charge is 0.493 e. The van der Waals surface area contributed by atoms with Gasteiger partial charge in [0, 0.05) is 16.6 Å². The van der Waals surface area contributed by atoms with Gasteiger partial charge in [-0.3, -0.25) is 0 Å². The van der Waals surface area contributed by atoms with Crippen molar-refractivity contribution in [1.82, 2.24) is 0 Å². The van der Waals surface area contributed by atoms with Crippen LogP contribution in [0, 0.1) is 23.2 Å². The van der Waals surface area contributed by atoms with Crippen molar-refractivity contribution in [1.29, 1.82) is 0 Å². The summed E-state index contributed by atoms with van der Waals surface area (Å²) in [6, 6.07) is 4.61. The predicted octanol–water partition coefficient (Wildman–Crippen LogP) is 8.04. The molecule has 0 aromatic heterocycles. The lowest BCUT2D eigenvalue weighted by atomic mass is 9.68. The van der Waals surface area contributed by atoms with Gasteiger partial charge in [0.05, 0.1) is 33.0 Å². The summed E-state index contributed by atoms with van der Waals surface area (Å²) in [5.41, 5.74) is 3.68. The Kier molecular flexibility index (Phi) is 16.0. The van der Waals surface area contributed by atoms with Crippen LogP contribution in [-0.2, 0) is 31.9 Å². The fourth-order valence-electron chi connectivity index (χ4n) is 7.33. The molecular formula is C40H62O7. The molecule has 3 rings (SSSR count). The van der Waals surface area contributed by atoms with Crippen molar-refractivity contribution in [3.8, 4) is 5.75 Å². The highest BCUT2D eigenvalue weighted by molar-refractivity contribution is 5.87. The molecule has 0 radical (unpaired) electrons. The Morgan fingerprint density at radius 2 is 1.26 bits per heavy atom. The summed E-state index contributed by atoms with van der Waals surface area (Å²) in [6.45, 7) is 15.8. The SMILES string of the molecule is C=C(C)C(=O)OCCCc1cc(C2CCC(C3CCC(C)CC3)CC2)cc(CCCOC(=O)C(=C)C)c1OCCC(CC)(CO)CO. The van der Waals surface area contributed by atoms with Crippen molar-refractivity contribution in [3.63, 3.8) is 0 Å². The van der Waals surface area contributed by atoms with Crippen molar-refractivity contribution in [2.75, 3.05) is 33.0 Å². The maximum absolute atomic E-state index is 12.0. The summed E-state index contributed by atoms with van der Waals surface area (Å²) in [4.78, 5) is 24.0. The minimum Gasteiger partial charge on any atom is -0.493 e. The zero-order valence-electron chi connectivity index (χ0n) is 29.7. The molecule has 0 spiro atoms. The molecule has 2 N–H and O–H groups in total. The number of ether oxygens (including phenoxy) is 3. The first-order valence-corrected chi connectivity index (χ1v) is 18.2. The maximum Gasteiger partial charge on any atom is 0.333 e. The quantitative estimate of drug-likeness (QED) is 0.0884. The highest BCUT2D eigenvalue weighted by atomic mass is 16.5. The van der Waals surface area contributed by atoms with E-state index in [0.29, 0.717) is 75.4 Å². The topological polar surface area (TPSA) is 102 Å². The van der Waals surface area contributed by atoms with Crippen molar-refractivity contribution in [2.45, 2.75) is 124 Å². The number of benzene rings is 1. The Balaban J connectivity index is 1.84. The lowest BCUT2D eigenvalue weighted by Gasteiger charge is -2.37. The van der Waals surface area contributed by atoms with Gasteiger partial charge < -0.3 is 24.4 Å². The Hall–Kier alpha value is -2.64. The van der Waals surface area contributed by atoms with Crippen LogP contribution >= 0.6 is 0 Å². The van der Waals surface area contributed by atoms with E-state index < -0.39 is 5.41 Å². The molecule has 1 aromatic rings. The summed E-state index contributed by atoms with van der Waals surface area (Å²) in [5.74, 6) is 3.13. The van der Waals surface area contributed by atoms with Gasteiger partial charge in [-0.15, -0.1) is 0 Å². The average Bonchev–Trinajstić information content (AvgIpc) is 3.07. The fraction of sp³-hybridized carbons (Fsp3) is 0.700. The molecule has 2 fully saturated rings. The predicted molar refractivity (Wildman–Crippen MR) is 187 cm³/mol. The molecule has 1 aromatic carbocycles. The molecule has 0 unspecified atom stereocenters. The minimum atomic E-state index is -0.594. The smallest absolute Gasteiger partial charge is 0.333 e. The first-order valence-electron chi connectivity index (χ1n) is 18.2. The number of hydrogen-bond acceptors (Lipinski definition) is 7. The van der Waals surface area contributed by atoms with Gasteiger partial charge in [-0.05, 0) is 131 Å². The molecule has 2 aliphatic carbocycles. The third-order valence-electron chi connectivity index (χ3n) is 10.9. The van der Waals surface area contributed by atoms with E-state index in [4.69, 9.17) is 14.2 Å². The van der Waals surface area contributed by atoms with Crippen LogP contribution in [0.2, 0.25) is 0 Å². The van der Waals surface area contributed by atoms with Crippen LogP contribution in [0.4, 0.5) is 0 Å². The zero-order valence-corrected chi connectivity index (χ0v) is 29.7. The van der Waals surface area contributed by atoms with Crippen LogP contribution in [0.5, 0.6) is 5.75 Å². The fourth-order valence-corrected chi connectivity index (χ4v) is 7.33. The van der Waals surface area contributed by atoms with Crippen molar-refractivity contribution >= 4 is 11.9 Å². The lowest BCUT2D eigenvalue weighted by molar-refractivity contribution is -0.139. The number of carbonyl (C=O) groups is 2. The molecule has 0 amide bonds. The van der Waals surface area contributed by atoms with Crippen LogP contribution in [0.25, 0.3) is 0 Å². The van der Waals surface area contributed by atoms with Gasteiger partial charge >= 0.3 is 11.9 Å². The molecule has 7 heteroatoms. The Morgan fingerprint density at radius 1 is 0.787 bits per heavy atom. The molecule has 0 aliphatic heterocycles. The highest BCUT2D eigenvalue weighted by Crippen LogP contribution is 2.45. The van der Waals surface area contributed by atoms with Crippen molar-refractivity contribution in [3.05, 3.63) is 53.1 Å². The minimum absolute atomic E-state index is 0.104. The van der Waals surface area contributed by atoms with Gasteiger partial charge in [0.1, 0.15) is 5.75 Å². The van der Waals surface area contributed by atoms with E-state index >= 15 is 0 Å². The maximum atomic E-state index is 12.0. The summed E-state index contributed by atoms with van der Waals surface area (Å²) >= 11 is 0. The van der Waals surface area contributed by atoms with Gasteiger partial charge in [-0.2, -0.15) is 0 Å². The van der Waals surface area contributed by atoms with Crippen molar-refractivity contribution in [2.24, 2.45) is 23.2 Å². The molecule has 0 heterocycles. The van der Waals surface area contributed by atoms with Gasteiger partial charge in [0.2, 0.25) is 0 Å². The lowest BCUT2D eigenvalue weighted by Crippen LogP contribution is -2.31. The van der Waals surface area contributed by atoms with E-state index in [-0.39, 0.29) is 25.2 Å². The van der Waals surface area contributed by atoms with E-state index in [2.05, 4.69) is 32.2 Å². The third-order valence-corrected chi connectivity index (χ3v) is 10.9. The molecular weight excluding hydrogens is 592 g/mol. The van der Waals surface area contributed by atoms with E-state index in [0.717, 1.165) is 34.6 Å². The van der Waals surface area contributed by atoms with Gasteiger partial charge in [-0.1, -0.05) is 52.0 Å². The van der Waals surface area contributed by atoms with Crippen LogP contribution in [0.3, 0.4) is 0 Å². The molecule has 264 valence electrons. The van der Waals surface area contributed by atoms with E-state index in [9.17, 15) is 19.8 Å². The molecule has 47 heavy (non-hydrogen) atoms. The Bertz CT molecular complexity index is 1100. The standard InChI is InChI=1S/C40H62O7/c1-7-40(26-41,27-42)20-23-45-37-34(10-8-21-46-38(43)28(2)3)24-36(25-35(37)11-9-22-47-39(44)29(4)5)33-18-16-32(17-19-33)31-14-12-30(6)13-15-31/h24-25,30-33,41-42H,2,4,7-23,26-27H2,1,3,5-6H3. The number of aryl methyl sites for hydroxylation is 2. The number of hydrogen-bond donors (Lipinski definition) is 2. The summed E-state index contributed by atoms with van der Waals surface area (Å²) < 4.78 is 17.4. The molecule has 7 nitrogen and oxygen atoms in total. The number of esters is 2. The number of aliphatic hydroxyl groups excluding tert-OH is 2. The number of carbonyl (C=O) groups excluding carboxylic acids is 2. The molecule has 0 atom stereocenters. The first kappa shape index (κ1) is 38.8. The first-order chi connectivity index (χ1) is 22.5. The second-order valence-corrected chi connectivity index (χ2v) is 14.6. The Morgan fingerprint density at radius 3 is 1.68 bits per heavy atom. The number of rotatable bonds is 19. The highest BCUT2D eigenvalue weighted by Gasteiger charge is 2.31. The Labute approximate surface area is 284 Å². The van der Waals surface area contributed by atoms with E-state index in [1.807, 2.05) is 6.92 Å². The monoisotopic (exact) mass is 654 g/mol. The summed E-state index contributed by atoms with van der Waals surface area (Å²) in [7, 11) is 0. The number of aliphatic hydroxyl groups is 2. The normalized spacial score (nSPS) is 21.6. The zero-order chi connectivity index (χ0) is 34.4. The van der Waals surface area contributed by atoms with Gasteiger partial charge in [0.15, 0.2) is 0 Å². The van der Waals surface area contributed by atoms with Gasteiger partial charge in [-0.25, -0.2) is 9.59 Å². The average molecular weight is 655 g/mol. The van der Waals surface area contributed by atoms with Crippen LogP contribution < -0.4 is 4.74 Å². The van der Waals surface area contributed by atoms with Crippen molar-refractivity contribution < 1.29 is 34.0 Å².